The normalized spacial score (nSPS) is 15.1. The van der Waals surface area contributed by atoms with Crippen LogP contribution in [0.15, 0.2) is 29.2 Å². The summed E-state index contributed by atoms with van der Waals surface area (Å²) in [6.45, 7) is 0.341. The van der Waals surface area contributed by atoms with Crippen molar-refractivity contribution in [3.63, 3.8) is 0 Å². The molecule has 0 amide bonds. The number of hydrogen-bond acceptors (Lipinski definition) is 3. The molecule has 0 spiro atoms. The molecule has 19 heavy (non-hydrogen) atoms. The Kier molecular flexibility index (Phi) is 4.25. The number of aliphatic hydroxyl groups excluding tert-OH is 1. The maximum atomic E-state index is 12.3. The Morgan fingerprint density at radius 1 is 1.42 bits per heavy atom. The fraction of sp³-hybridized carbons (Fsp3) is 0.429. The van der Waals surface area contributed by atoms with Crippen LogP contribution < -0.4 is 0 Å². The molecule has 0 bridgehead atoms. The predicted molar refractivity (Wildman–Crippen MR) is 72.9 cm³/mol. The third kappa shape index (κ3) is 3.57. The van der Waals surface area contributed by atoms with Crippen molar-refractivity contribution in [1.29, 1.82) is 0 Å². The van der Waals surface area contributed by atoms with Gasteiger partial charge in [-0.1, -0.05) is 17.9 Å². The summed E-state index contributed by atoms with van der Waals surface area (Å²) in [4.78, 5) is 0.250. The summed E-state index contributed by atoms with van der Waals surface area (Å²) < 4.78 is 26.1. The topological polar surface area (TPSA) is 57.6 Å². The first kappa shape index (κ1) is 14.1. The minimum atomic E-state index is -3.44. The van der Waals surface area contributed by atoms with Crippen LogP contribution in [0.5, 0.6) is 0 Å². The van der Waals surface area contributed by atoms with Crippen LogP contribution in [0.3, 0.4) is 0 Å². The lowest BCUT2D eigenvalue weighted by atomic mass is 10.2. The van der Waals surface area contributed by atoms with Gasteiger partial charge in [0.2, 0.25) is 10.0 Å². The van der Waals surface area contributed by atoms with Crippen LogP contribution in [0.2, 0.25) is 0 Å². The van der Waals surface area contributed by atoms with Gasteiger partial charge >= 0.3 is 0 Å². The first-order chi connectivity index (χ1) is 9.04. The van der Waals surface area contributed by atoms with E-state index in [1.807, 2.05) is 0 Å². The largest absolute Gasteiger partial charge is 0.384 e. The lowest BCUT2D eigenvalue weighted by molar-refractivity contribution is 0.350. The van der Waals surface area contributed by atoms with Crippen molar-refractivity contribution in [1.82, 2.24) is 4.31 Å². The molecule has 0 radical (unpaired) electrons. The number of aliphatic hydroxyl groups is 1. The molecule has 4 nitrogen and oxygen atoms in total. The van der Waals surface area contributed by atoms with E-state index in [9.17, 15) is 8.42 Å². The van der Waals surface area contributed by atoms with Crippen LogP contribution >= 0.6 is 0 Å². The fourth-order valence-electron chi connectivity index (χ4n) is 1.82. The van der Waals surface area contributed by atoms with Crippen molar-refractivity contribution in [2.75, 3.05) is 20.2 Å². The van der Waals surface area contributed by atoms with Crippen molar-refractivity contribution in [3.05, 3.63) is 29.8 Å². The van der Waals surface area contributed by atoms with E-state index >= 15 is 0 Å². The van der Waals surface area contributed by atoms with E-state index in [1.54, 1.807) is 31.3 Å². The molecule has 102 valence electrons. The second-order valence-electron chi connectivity index (χ2n) is 4.72. The standard InChI is InChI=1S/C14H17NO3S/c1-15(11-13-7-8-13)19(17,18)14-6-2-4-12(10-14)5-3-9-16/h2,4,6,10,13,16H,7-9,11H2,1H3. The molecule has 0 unspecified atom stereocenters. The lowest BCUT2D eigenvalue weighted by Gasteiger charge is -2.16. The minimum absolute atomic E-state index is 0.238. The molecule has 1 saturated carbocycles. The average Bonchev–Trinajstić information content (AvgIpc) is 3.20. The molecular weight excluding hydrogens is 262 g/mol. The van der Waals surface area contributed by atoms with Crippen molar-refractivity contribution >= 4 is 10.0 Å². The lowest BCUT2D eigenvalue weighted by Crippen LogP contribution is -2.28. The molecule has 1 aliphatic rings. The van der Waals surface area contributed by atoms with Crippen LogP contribution in [0.25, 0.3) is 0 Å². The predicted octanol–water partition coefficient (Wildman–Crippen LogP) is 1.06. The summed E-state index contributed by atoms with van der Waals surface area (Å²) in [7, 11) is -1.83. The van der Waals surface area contributed by atoms with Gasteiger partial charge in [-0.25, -0.2) is 12.7 Å². The van der Waals surface area contributed by atoms with E-state index in [2.05, 4.69) is 11.8 Å². The molecule has 0 saturated heterocycles. The SMILES string of the molecule is CN(CC1CC1)S(=O)(=O)c1cccc(C#CCO)c1. The van der Waals surface area contributed by atoms with Gasteiger partial charge in [0.25, 0.3) is 0 Å². The van der Waals surface area contributed by atoms with E-state index in [4.69, 9.17) is 5.11 Å². The molecule has 1 aromatic carbocycles. The molecule has 1 N–H and O–H groups in total. The second-order valence-corrected chi connectivity index (χ2v) is 6.76. The van der Waals surface area contributed by atoms with Crippen LogP contribution in [-0.2, 0) is 10.0 Å². The van der Waals surface area contributed by atoms with Crippen molar-refractivity contribution in [2.45, 2.75) is 17.7 Å². The molecule has 2 rings (SSSR count). The summed E-state index contributed by atoms with van der Waals surface area (Å²) in [6, 6.07) is 6.51. The second kappa shape index (κ2) is 5.74. The van der Waals surface area contributed by atoms with E-state index in [0.29, 0.717) is 18.0 Å². The zero-order valence-electron chi connectivity index (χ0n) is 10.8. The summed E-state index contributed by atoms with van der Waals surface area (Å²) in [6.07, 6.45) is 2.23. The Morgan fingerprint density at radius 2 is 2.16 bits per heavy atom. The van der Waals surface area contributed by atoms with E-state index in [0.717, 1.165) is 12.8 Å². The Hall–Kier alpha value is -1.35. The maximum absolute atomic E-state index is 12.3. The summed E-state index contributed by atoms with van der Waals surface area (Å²) in [5.41, 5.74) is 0.593. The Bertz CT molecular complexity index is 609. The quantitative estimate of drug-likeness (QED) is 0.839. The third-order valence-electron chi connectivity index (χ3n) is 3.07. The van der Waals surface area contributed by atoms with Gasteiger partial charge in [0.05, 0.1) is 4.90 Å². The first-order valence-corrected chi connectivity index (χ1v) is 7.64. The van der Waals surface area contributed by atoms with Gasteiger partial charge in [0.15, 0.2) is 0 Å². The summed E-state index contributed by atoms with van der Waals surface area (Å²) in [5, 5.41) is 8.65. The van der Waals surface area contributed by atoms with E-state index in [-0.39, 0.29) is 11.5 Å². The molecule has 0 heterocycles. The van der Waals surface area contributed by atoms with Gasteiger partial charge in [-0.2, -0.15) is 0 Å². The molecule has 1 fully saturated rings. The maximum Gasteiger partial charge on any atom is 0.242 e. The smallest absolute Gasteiger partial charge is 0.242 e. The highest BCUT2D eigenvalue weighted by atomic mass is 32.2. The van der Waals surface area contributed by atoms with Gasteiger partial charge in [-0.15, -0.1) is 0 Å². The number of benzene rings is 1. The molecule has 0 atom stereocenters. The number of nitrogens with zero attached hydrogens (tertiary/aromatic N) is 1. The highest BCUT2D eigenvalue weighted by molar-refractivity contribution is 7.89. The van der Waals surface area contributed by atoms with E-state index < -0.39 is 10.0 Å². The van der Waals surface area contributed by atoms with Gasteiger partial charge in [0, 0.05) is 19.2 Å². The summed E-state index contributed by atoms with van der Waals surface area (Å²) >= 11 is 0. The number of rotatable bonds is 4. The van der Waals surface area contributed by atoms with Crippen molar-refractivity contribution < 1.29 is 13.5 Å². The molecule has 0 aromatic heterocycles. The fourth-order valence-corrected chi connectivity index (χ4v) is 3.11. The zero-order valence-corrected chi connectivity index (χ0v) is 11.7. The first-order valence-electron chi connectivity index (χ1n) is 6.20. The highest BCUT2D eigenvalue weighted by Crippen LogP contribution is 2.31. The van der Waals surface area contributed by atoms with Crippen LogP contribution in [-0.4, -0.2) is 38.0 Å². The van der Waals surface area contributed by atoms with Crippen LogP contribution in [0.4, 0.5) is 0 Å². The highest BCUT2D eigenvalue weighted by Gasteiger charge is 2.29. The molecule has 1 aromatic rings. The third-order valence-corrected chi connectivity index (χ3v) is 4.89. The summed E-state index contributed by atoms with van der Waals surface area (Å²) in [5.74, 6) is 5.74. The molecule has 1 aliphatic carbocycles. The number of sulfonamides is 1. The average molecular weight is 279 g/mol. The van der Waals surface area contributed by atoms with E-state index in [1.165, 1.54) is 4.31 Å². The van der Waals surface area contributed by atoms with Gasteiger partial charge in [0.1, 0.15) is 6.61 Å². The number of hydrogen-bond donors (Lipinski definition) is 1. The van der Waals surface area contributed by atoms with Crippen LogP contribution in [0.1, 0.15) is 18.4 Å². The molecule has 5 heteroatoms. The zero-order chi connectivity index (χ0) is 13.9. The van der Waals surface area contributed by atoms with Crippen molar-refractivity contribution in [2.24, 2.45) is 5.92 Å². The van der Waals surface area contributed by atoms with Gasteiger partial charge < -0.3 is 5.11 Å². The Balaban J connectivity index is 2.23. The van der Waals surface area contributed by atoms with Crippen LogP contribution in [0, 0.1) is 17.8 Å². The molecule has 0 aliphatic heterocycles. The van der Waals surface area contributed by atoms with Gasteiger partial charge in [-0.3, -0.25) is 0 Å². The molecular formula is C14H17NO3S. The monoisotopic (exact) mass is 279 g/mol. The van der Waals surface area contributed by atoms with Gasteiger partial charge in [-0.05, 0) is 37.0 Å². The Labute approximate surface area is 114 Å². The van der Waals surface area contributed by atoms with Crippen molar-refractivity contribution in [3.8, 4) is 11.8 Å². The Morgan fingerprint density at radius 3 is 2.79 bits per heavy atom. The minimum Gasteiger partial charge on any atom is -0.384 e.